The lowest BCUT2D eigenvalue weighted by molar-refractivity contribution is 0.112. The first kappa shape index (κ1) is 15.9. The van der Waals surface area contributed by atoms with Gasteiger partial charge in [-0.1, -0.05) is 12.1 Å². The molecule has 0 radical (unpaired) electrons. The maximum Gasteiger partial charge on any atom is 0.167 e. The predicted octanol–water partition coefficient (Wildman–Crippen LogP) is 3.69. The van der Waals surface area contributed by atoms with Crippen molar-refractivity contribution in [3.05, 3.63) is 41.5 Å². The lowest BCUT2D eigenvalue weighted by atomic mass is 10.0. The summed E-state index contributed by atoms with van der Waals surface area (Å²) in [6.07, 6.45) is 0.777. The highest BCUT2D eigenvalue weighted by atomic mass is 16.5. The molecular formula is C19H19NO4. The van der Waals surface area contributed by atoms with Gasteiger partial charge in [0.05, 0.1) is 25.4 Å². The fraction of sp³-hybridized carbons (Fsp3) is 0.211. The summed E-state index contributed by atoms with van der Waals surface area (Å²) in [4.78, 5) is 11.5. The number of carbonyl (C=O) groups is 1. The monoisotopic (exact) mass is 325 g/mol. The van der Waals surface area contributed by atoms with Crippen LogP contribution in [0.15, 0.2) is 30.3 Å². The van der Waals surface area contributed by atoms with Crippen LogP contribution in [0.1, 0.15) is 15.9 Å². The second-order valence-electron chi connectivity index (χ2n) is 5.62. The molecule has 0 spiro atoms. The number of hydrogen-bond acceptors (Lipinski definition) is 4. The summed E-state index contributed by atoms with van der Waals surface area (Å²) in [5.41, 5.74) is 3.88. The minimum atomic E-state index is 0.0420. The SMILES string of the molecule is COc1cccc(-c2c(C)c3c(O)c(OC)cc(C=O)c3n2C)c1. The highest BCUT2D eigenvalue weighted by Crippen LogP contribution is 2.43. The van der Waals surface area contributed by atoms with Gasteiger partial charge in [-0.2, -0.15) is 0 Å². The van der Waals surface area contributed by atoms with Crippen molar-refractivity contribution in [3.63, 3.8) is 0 Å². The van der Waals surface area contributed by atoms with Gasteiger partial charge in [-0.25, -0.2) is 0 Å². The van der Waals surface area contributed by atoms with Crippen LogP contribution in [-0.4, -0.2) is 30.2 Å². The van der Waals surface area contributed by atoms with Gasteiger partial charge in [0.15, 0.2) is 17.8 Å². The topological polar surface area (TPSA) is 60.7 Å². The third-order valence-electron chi connectivity index (χ3n) is 4.36. The van der Waals surface area contributed by atoms with Gasteiger partial charge in [0.25, 0.3) is 0 Å². The Hall–Kier alpha value is -2.95. The number of carbonyl (C=O) groups excluding carboxylic acids is 1. The summed E-state index contributed by atoms with van der Waals surface area (Å²) in [6.45, 7) is 1.92. The van der Waals surface area contributed by atoms with Gasteiger partial charge in [-0.05, 0) is 30.7 Å². The van der Waals surface area contributed by atoms with E-state index in [1.807, 2.05) is 42.8 Å². The van der Waals surface area contributed by atoms with Crippen molar-refractivity contribution >= 4 is 17.2 Å². The predicted molar refractivity (Wildman–Crippen MR) is 93.2 cm³/mol. The van der Waals surface area contributed by atoms with Crippen LogP contribution in [0, 0.1) is 6.92 Å². The van der Waals surface area contributed by atoms with Crippen LogP contribution in [0.3, 0.4) is 0 Å². The Morgan fingerprint density at radius 2 is 1.92 bits per heavy atom. The summed E-state index contributed by atoms with van der Waals surface area (Å²) in [6, 6.07) is 9.24. The van der Waals surface area contributed by atoms with Crippen molar-refractivity contribution in [1.82, 2.24) is 4.57 Å². The Labute approximate surface area is 140 Å². The number of methoxy groups -OCH3 is 2. The van der Waals surface area contributed by atoms with Crippen LogP contribution in [0.4, 0.5) is 0 Å². The van der Waals surface area contributed by atoms with Crippen molar-refractivity contribution in [2.75, 3.05) is 14.2 Å². The van der Waals surface area contributed by atoms with E-state index in [4.69, 9.17) is 9.47 Å². The fourth-order valence-electron chi connectivity index (χ4n) is 3.28. The van der Waals surface area contributed by atoms with E-state index in [1.165, 1.54) is 7.11 Å². The average molecular weight is 325 g/mol. The molecule has 2 aromatic carbocycles. The molecule has 24 heavy (non-hydrogen) atoms. The lowest BCUT2D eigenvalue weighted by Crippen LogP contribution is -1.96. The molecule has 5 nitrogen and oxygen atoms in total. The van der Waals surface area contributed by atoms with E-state index in [9.17, 15) is 9.90 Å². The summed E-state index contributed by atoms with van der Waals surface area (Å²) in [5, 5.41) is 11.2. The number of phenolic OH excluding ortho intramolecular Hbond substituents is 1. The van der Waals surface area contributed by atoms with Crippen LogP contribution in [0.2, 0.25) is 0 Å². The van der Waals surface area contributed by atoms with Crippen LogP contribution in [-0.2, 0) is 7.05 Å². The van der Waals surface area contributed by atoms with Crippen molar-refractivity contribution in [1.29, 1.82) is 0 Å². The maximum absolute atomic E-state index is 11.5. The molecule has 0 aliphatic rings. The third kappa shape index (κ3) is 2.21. The second-order valence-corrected chi connectivity index (χ2v) is 5.62. The van der Waals surface area contributed by atoms with Gasteiger partial charge in [0.1, 0.15) is 5.75 Å². The van der Waals surface area contributed by atoms with E-state index in [1.54, 1.807) is 13.2 Å². The van der Waals surface area contributed by atoms with Crippen molar-refractivity contribution < 1.29 is 19.4 Å². The van der Waals surface area contributed by atoms with E-state index in [0.29, 0.717) is 16.5 Å². The molecule has 0 unspecified atom stereocenters. The zero-order chi connectivity index (χ0) is 17.4. The summed E-state index contributed by atoms with van der Waals surface area (Å²) < 4.78 is 12.4. The van der Waals surface area contributed by atoms with Gasteiger partial charge in [-0.3, -0.25) is 4.79 Å². The van der Waals surface area contributed by atoms with Gasteiger partial charge in [0.2, 0.25) is 0 Å². The summed E-state index contributed by atoms with van der Waals surface area (Å²) in [5.74, 6) is 1.07. The number of aryl methyl sites for hydroxylation is 2. The number of hydrogen-bond donors (Lipinski definition) is 1. The van der Waals surface area contributed by atoms with Crippen LogP contribution in [0.5, 0.6) is 17.2 Å². The highest BCUT2D eigenvalue weighted by molar-refractivity contribution is 6.05. The molecule has 5 heteroatoms. The first-order chi connectivity index (χ1) is 11.5. The van der Waals surface area contributed by atoms with E-state index in [-0.39, 0.29) is 11.5 Å². The number of fused-ring (bicyclic) bond motifs is 1. The van der Waals surface area contributed by atoms with Gasteiger partial charge >= 0.3 is 0 Å². The van der Waals surface area contributed by atoms with Gasteiger partial charge < -0.3 is 19.1 Å². The lowest BCUT2D eigenvalue weighted by Gasteiger charge is -2.09. The maximum atomic E-state index is 11.5. The third-order valence-corrected chi connectivity index (χ3v) is 4.36. The molecule has 0 amide bonds. The highest BCUT2D eigenvalue weighted by Gasteiger charge is 2.22. The minimum Gasteiger partial charge on any atom is -0.504 e. The normalized spacial score (nSPS) is 10.8. The standard InChI is InChI=1S/C19H19NO4/c1-11-16-18(13(10-21)9-15(24-4)19(16)22)20(2)17(11)12-6-5-7-14(8-12)23-3/h5-10,22H,1-4H3. The fourth-order valence-corrected chi connectivity index (χ4v) is 3.28. The molecule has 1 aromatic heterocycles. The second kappa shape index (κ2) is 5.92. The molecule has 0 atom stereocenters. The van der Waals surface area contributed by atoms with E-state index >= 15 is 0 Å². The molecule has 0 fully saturated rings. The molecule has 3 rings (SSSR count). The van der Waals surface area contributed by atoms with E-state index in [0.717, 1.165) is 28.9 Å². The first-order valence-electron chi connectivity index (χ1n) is 7.52. The number of aromatic nitrogens is 1. The zero-order valence-corrected chi connectivity index (χ0v) is 14.1. The molecule has 0 bridgehead atoms. The quantitative estimate of drug-likeness (QED) is 0.743. The number of aldehydes is 1. The number of aromatic hydroxyl groups is 1. The molecule has 0 saturated heterocycles. The van der Waals surface area contributed by atoms with Crippen molar-refractivity contribution in [3.8, 4) is 28.5 Å². The number of phenols is 1. The molecular weight excluding hydrogens is 306 g/mol. The first-order valence-corrected chi connectivity index (χ1v) is 7.52. The van der Waals surface area contributed by atoms with Crippen LogP contribution < -0.4 is 9.47 Å². The Bertz CT molecular complexity index is 940. The Morgan fingerprint density at radius 1 is 1.17 bits per heavy atom. The molecule has 3 aromatic rings. The van der Waals surface area contributed by atoms with Crippen LogP contribution in [0.25, 0.3) is 22.2 Å². The van der Waals surface area contributed by atoms with Gasteiger partial charge in [-0.15, -0.1) is 0 Å². The molecule has 1 heterocycles. The summed E-state index contributed by atoms with van der Waals surface area (Å²) >= 11 is 0. The number of rotatable bonds is 4. The van der Waals surface area contributed by atoms with E-state index in [2.05, 4.69) is 0 Å². The minimum absolute atomic E-state index is 0.0420. The average Bonchev–Trinajstić information content (AvgIpc) is 2.87. The van der Waals surface area contributed by atoms with Gasteiger partial charge in [0, 0.05) is 23.6 Å². The Balaban J connectivity index is 2.42. The molecule has 1 N–H and O–H groups in total. The Morgan fingerprint density at radius 3 is 2.54 bits per heavy atom. The van der Waals surface area contributed by atoms with Crippen LogP contribution >= 0.6 is 0 Å². The number of nitrogens with zero attached hydrogens (tertiary/aromatic N) is 1. The largest absolute Gasteiger partial charge is 0.504 e. The Kier molecular flexibility index (Phi) is 3.93. The molecule has 0 saturated carbocycles. The van der Waals surface area contributed by atoms with E-state index < -0.39 is 0 Å². The molecule has 124 valence electrons. The molecule has 0 aliphatic heterocycles. The smallest absolute Gasteiger partial charge is 0.167 e. The number of benzene rings is 2. The van der Waals surface area contributed by atoms with Crippen molar-refractivity contribution in [2.45, 2.75) is 6.92 Å². The molecule has 0 aliphatic carbocycles. The van der Waals surface area contributed by atoms with Crippen molar-refractivity contribution in [2.24, 2.45) is 7.05 Å². The zero-order valence-electron chi connectivity index (χ0n) is 14.1. The number of ether oxygens (including phenoxy) is 2. The summed E-state index contributed by atoms with van der Waals surface area (Å²) in [7, 11) is 4.97.